The summed E-state index contributed by atoms with van der Waals surface area (Å²) in [4.78, 5) is 16.6. The molecule has 1 N–H and O–H groups in total. The third-order valence-electron chi connectivity index (χ3n) is 2.59. The molecular weight excluding hydrogens is 260 g/mol. The first kappa shape index (κ1) is 10.4. The van der Waals surface area contributed by atoms with E-state index in [4.69, 9.17) is 5.11 Å². The molecule has 0 bridgehead atoms. The average molecular weight is 271 g/mol. The van der Waals surface area contributed by atoms with Crippen molar-refractivity contribution in [2.75, 3.05) is 6.54 Å². The summed E-state index contributed by atoms with van der Waals surface area (Å²) < 4.78 is 0.908. The molecule has 0 saturated carbocycles. The van der Waals surface area contributed by atoms with Crippen LogP contribution in [0.3, 0.4) is 0 Å². The summed E-state index contributed by atoms with van der Waals surface area (Å²) in [7, 11) is 0. The number of halogens is 1. The molecule has 1 fully saturated rings. The first-order valence-electron chi connectivity index (χ1n) is 4.79. The summed E-state index contributed by atoms with van der Waals surface area (Å²) in [5.74, 6) is 0. The number of carboxylic acid groups (broad SMARTS) is 1. The molecule has 1 unspecified atom stereocenters. The van der Waals surface area contributed by atoms with Crippen LogP contribution in [0.4, 0.5) is 4.79 Å². The molecule has 2 heterocycles. The highest BCUT2D eigenvalue weighted by molar-refractivity contribution is 9.10. The van der Waals surface area contributed by atoms with Crippen LogP contribution in [0, 0.1) is 0 Å². The van der Waals surface area contributed by atoms with E-state index in [-0.39, 0.29) is 6.04 Å². The molecule has 0 radical (unpaired) electrons. The first-order valence-corrected chi connectivity index (χ1v) is 5.59. The van der Waals surface area contributed by atoms with Crippen LogP contribution in [0.5, 0.6) is 0 Å². The van der Waals surface area contributed by atoms with Gasteiger partial charge in [0, 0.05) is 17.2 Å². The van der Waals surface area contributed by atoms with Crippen molar-refractivity contribution in [2.24, 2.45) is 0 Å². The monoisotopic (exact) mass is 270 g/mol. The molecule has 2 rings (SSSR count). The van der Waals surface area contributed by atoms with E-state index >= 15 is 0 Å². The third kappa shape index (κ3) is 2.12. The molecule has 0 spiro atoms. The molecule has 0 aromatic carbocycles. The summed E-state index contributed by atoms with van der Waals surface area (Å²) in [5.41, 5.74) is 0.832. The Morgan fingerprint density at radius 2 is 2.40 bits per heavy atom. The number of nitrogens with zero attached hydrogens (tertiary/aromatic N) is 2. The van der Waals surface area contributed by atoms with Crippen LogP contribution in [0.15, 0.2) is 22.8 Å². The molecule has 1 atom stereocenters. The number of aromatic nitrogens is 1. The van der Waals surface area contributed by atoms with E-state index in [0.717, 1.165) is 23.0 Å². The number of likely N-dealkylation sites (tertiary alicyclic amines) is 1. The van der Waals surface area contributed by atoms with E-state index in [2.05, 4.69) is 20.9 Å². The minimum atomic E-state index is -0.859. The van der Waals surface area contributed by atoms with Crippen LogP contribution in [0.1, 0.15) is 24.6 Å². The topological polar surface area (TPSA) is 53.4 Å². The van der Waals surface area contributed by atoms with Crippen molar-refractivity contribution < 1.29 is 9.90 Å². The Morgan fingerprint density at radius 3 is 3.00 bits per heavy atom. The highest BCUT2D eigenvalue weighted by atomic mass is 79.9. The maximum absolute atomic E-state index is 10.9. The normalized spacial score (nSPS) is 20.6. The Morgan fingerprint density at radius 1 is 1.60 bits per heavy atom. The van der Waals surface area contributed by atoms with Crippen LogP contribution in [0.2, 0.25) is 0 Å². The van der Waals surface area contributed by atoms with E-state index in [1.165, 1.54) is 4.90 Å². The molecule has 5 heteroatoms. The van der Waals surface area contributed by atoms with Gasteiger partial charge < -0.3 is 5.11 Å². The van der Waals surface area contributed by atoms with Crippen LogP contribution in [0.25, 0.3) is 0 Å². The second-order valence-electron chi connectivity index (χ2n) is 3.54. The van der Waals surface area contributed by atoms with Crippen molar-refractivity contribution >= 4 is 22.0 Å². The van der Waals surface area contributed by atoms with Gasteiger partial charge in [0.15, 0.2) is 0 Å². The zero-order valence-electron chi connectivity index (χ0n) is 8.06. The van der Waals surface area contributed by atoms with E-state index in [1.54, 1.807) is 6.20 Å². The van der Waals surface area contributed by atoms with Gasteiger partial charge in [-0.25, -0.2) is 4.79 Å². The summed E-state index contributed by atoms with van der Waals surface area (Å²) >= 11 is 3.31. The number of hydrogen-bond acceptors (Lipinski definition) is 2. The standard InChI is InChI=1S/C10H11BrN2O2/c11-7-3-4-8(12-6-7)9-2-1-5-13(9)10(14)15/h3-4,6,9H,1-2,5H2,(H,14,15). The van der Waals surface area contributed by atoms with E-state index in [9.17, 15) is 4.79 Å². The Balaban J connectivity index is 2.22. The van der Waals surface area contributed by atoms with Crippen molar-refractivity contribution in [3.05, 3.63) is 28.5 Å². The predicted molar refractivity (Wildman–Crippen MR) is 58.6 cm³/mol. The fourth-order valence-electron chi connectivity index (χ4n) is 1.89. The van der Waals surface area contributed by atoms with E-state index in [1.807, 2.05) is 12.1 Å². The Hall–Kier alpha value is -1.10. The Labute approximate surface area is 96.1 Å². The Bertz CT molecular complexity index is 366. The molecule has 1 aliphatic rings. The van der Waals surface area contributed by atoms with E-state index < -0.39 is 6.09 Å². The zero-order chi connectivity index (χ0) is 10.8. The highest BCUT2D eigenvalue weighted by Gasteiger charge is 2.30. The van der Waals surface area contributed by atoms with Gasteiger partial charge in [-0.15, -0.1) is 0 Å². The summed E-state index contributed by atoms with van der Waals surface area (Å²) in [5, 5.41) is 8.99. The lowest BCUT2D eigenvalue weighted by Gasteiger charge is -2.20. The molecule has 4 nitrogen and oxygen atoms in total. The summed E-state index contributed by atoms with van der Waals surface area (Å²) in [6.07, 6.45) is 2.62. The second-order valence-corrected chi connectivity index (χ2v) is 4.45. The van der Waals surface area contributed by atoms with Gasteiger partial charge in [0.05, 0.1) is 11.7 Å². The smallest absolute Gasteiger partial charge is 0.407 e. The third-order valence-corrected chi connectivity index (χ3v) is 3.06. The number of rotatable bonds is 1. The molecule has 1 saturated heterocycles. The zero-order valence-corrected chi connectivity index (χ0v) is 9.64. The molecule has 1 aliphatic heterocycles. The van der Waals surface area contributed by atoms with Crippen molar-refractivity contribution in [2.45, 2.75) is 18.9 Å². The lowest BCUT2D eigenvalue weighted by atomic mass is 10.1. The fraction of sp³-hybridized carbons (Fsp3) is 0.400. The van der Waals surface area contributed by atoms with E-state index in [0.29, 0.717) is 6.54 Å². The molecular formula is C10H11BrN2O2. The van der Waals surface area contributed by atoms with Gasteiger partial charge in [-0.1, -0.05) is 0 Å². The average Bonchev–Trinajstić information content (AvgIpc) is 2.67. The van der Waals surface area contributed by atoms with Crippen molar-refractivity contribution in [1.29, 1.82) is 0 Å². The second kappa shape index (κ2) is 4.18. The molecule has 0 aliphatic carbocycles. The summed E-state index contributed by atoms with van der Waals surface area (Å²) in [6.45, 7) is 0.609. The number of hydrogen-bond donors (Lipinski definition) is 1. The van der Waals surface area contributed by atoms with Gasteiger partial charge in [-0.3, -0.25) is 9.88 Å². The van der Waals surface area contributed by atoms with Crippen LogP contribution in [-0.4, -0.2) is 27.6 Å². The molecule has 1 amide bonds. The van der Waals surface area contributed by atoms with Gasteiger partial charge in [0.25, 0.3) is 0 Å². The van der Waals surface area contributed by atoms with Gasteiger partial charge in [0.1, 0.15) is 0 Å². The maximum atomic E-state index is 10.9. The predicted octanol–water partition coefficient (Wildman–Crippen LogP) is 2.66. The van der Waals surface area contributed by atoms with Crippen molar-refractivity contribution in [3.8, 4) is 0 Å². The number of pyridine rings is 1. The van der Waals surface area contributed by atoms with Gasteiger partial charge in [-0.05, 0) is 40.9 Å². The minimum absolute atomic E-state index is 0.0735. The maximum Gasteiger partial charge on any atom is 0.407 e. The van der Waals surface area contributed by atoms with Crippen molar-refractivity contribution in [1.82, 2.24) is 9.88 Å². The van der Waals surface area contributed by atoms with Crippen LogP contribution in [-0.2, 0) is 0 Å². The quantitative estimate of drug-likeness (QED) is 0.854. The first-order chi connectivity index (χ1) is 7.18. The molecule has 80 valence electrons. The Kier molecular flexibility index (Phi) is 2.90. The van der Waals surface area contributed by atoms with Crippen LogP contribution < -0.4 is 0 Å². The lowest BCUT2D eigenvalue weighted by Crippen LogP contribution is -2.29. The van der Waals surface area contributed by atoms with Gasteiger partial charge in [0.2, 0.25) is 0 Å². The number of amides is 1. The molecule has 15 heavy (non-hydrogen) atoms. The fourth-order valence-corrected chi connectivity index (χ4v) is 2.12. The van der Waals surface area contributed by atoms with Crippen LogP contribution >= 0.6 is 15.9 Å². The molecule has 1 aromatic heterocycles. The SMILES string of the molecule is O=C(O)N1CCCC1c1ccc(Br)cn1. The van der Waals surface area contributed by atoms with Gasteiger partial charge in [-0.2, -0.15) is 0 Å². The minimum Gasteiger partial charge on any atom is -0.465 e. The molecule has 1 aromatic rings. The van der Waals surface area contributed by atoms with Crippen molar-refractivity contribution in [3.63, 3.8) is 0 Å². The number of carbonyl (C=O) groups is 1. The van der Waals surface area contributed by atoms with Gasteiger partial charge >= 0.3 is 6.09 Å². The summed E-state index contributed by atoms with van der Waals surface area (Å²) in [6, 6.07) is 3.69. The largest absolute Gasteiger partial charge is 0.465 e. The lowest BCUT2D eigenvalue weighted by molar-refractivity contribution is 0.139. The highest BCUT2D eigenvalue weighted by Crippen LogP contribution is 2.30.